The van der Waals surface area contributed by atoms with Gasteiger partial charge in [-0.2, -0.15) is 11.8 Å². The summed E-state index contributed by atoms with van der Waals surface area (Å²) in [4.78, 5) is 13.6. The smallest absolute Gasteiger partial charge is 0.237 e. The molecule has 1 atom stereocenters. The zero-order valence-corrected chi connectivity index (χ0v) is 10.8. The molecule has 0 aromatic rings. The number of amides is 1. The van der Waals surface area contributed by atoms with Crippen molar-refractivity contribution in [3.63, 3.8) is 0 Å². The average Bonchev–Trinajstić information content (AvgIpc) is 2.55. The topological polar surface area (TPSA) is 32.3 Å². The molecule has 1 aliphatic rings. The predicted molar refractivity (Wildman–Crippen MR) is 66.0 cm³/mol. The third-order valence-electron chi connectivity index (χ3n) is 2.75. The molecule has 0 aromatic carbocycles. The number of rotatable bonds is 6. The molecular weight excluding hydrogens is 208 g/mol. The van der Waals surface area contributed by atoms with Crippen molar-refractivity contribution >= 4 is 17.7 Å². The highest BCUT2D eigenvalue weighted by Crippen LogP contribution is 2.14. The van der Waals surface area contributed by atoms with Crippen molar-refractivity contribution in [2.24, 2.45) is 5.92 Å². The molecule has 1 aliphatic heterocycles. The van der Waals surface area contributed by atoms with Gasteiger partial charge in [-0.25, -0.2) is 0 Å². The Bertz CT molecular complexity index is 209. The monoisotopic (exact) mass is 230 g/mol. The third-order valence-corrected chi connectivity index (χ3v) is 3.44. The quantitative estimate of drug-likeness (QED) is 0.703. The number of hydrogen-bond acceptors (Lipinski definition) is 3. The molecule has 1 saturated heterocycles. The van der Waals surface area contributed by atoms with Crippen molar-refractivity contribution in [2.75, 3.05) is 25.1 Å². The fourth-order valence-corrected chi connectivity index (χ4v) is 2.44. The second-order valence-corrected chi connectivity index (χ2v) is 5.34. The van der Waals surface area contributed by atoms with Crippen LogP contribution in [0.4, 0.5) is 0 Å². The van der Waals surface area contributed by atoms with Crippen LogP contribution in [0, 0.1) is 5.92 Å². The summed E-state index contributed by atoms with van der Waals surface area (Å²) in [6.07, 6.45) is 4.71. The number of carbonyl (C=O) groups is 1. The Kier molecular flexibility index (Phi) is 5.47. The molecule has 4 heteroatoms. The third kappa shape index (κ3) is 3.68. The van der Waals surface area contributed by atoms with Gasteiger partial charge in [0.2, 0.25) is 5.91 Å². The van der Waals surface area contributed by atoms with Crippen LogP contribution in [0.1, 0.15) is 26.7 Å². The molecular formula is C11H22N2OS. The summed E-state index contributed by atoms with van der Waals surface area (Å²) < 4.78 is 0. The van der Waals surface area contributed by atoms with Gasteiger partial charge in [-0.05, 0) is 30.8 Å². The van der Waals surface area contributed by atoms with E-state index in [0.29, 0.717) is 12.5 Å². The number of unbranched alkanes of at least 4 members (excludes halogenated alkanes) is 1. The van der Waals surface area contributed by atoms with Crippen LogP contribution in [0.3, 0.4) is 0 Å². The minimum Gasteiger partial charge on any atom is -0.326 e. The van der Waals surface area contributed by atoms with Gasteiger partial charge in [0.05, 0.1) is 12.7 Å². The van der Waals surface area contributed by atoms with Gasteiger partial charge < -0.3 is 4.90 Å². The first-order chi connectivity index (χ1) is 7.16. The summed E-state index contributed by atoms with van der Waals surface area (Å²) in [6.45, 7) is 5.75. The van der Waals surface area contributed by atoms with Crippen LogP contribution in [0.15, 0.2) is 0 Å². The molecule has 1 fully saturated rings. The summed E-state index contributed by atoms with van der Waals surface area (Å²) in [7, 11) is 0. The van der Waals surface area contributed by atoms with Gasteiger partial charge in [-0.15, -0.1) is 0 Å². The lowest BCUT2D eigenvalue weighted by molar-refractivity contribution is -0.128. The van der Waals surface area contributed by atoms with Gasteiger partial charge in [0.15, 0.2) is 0 Å². The summed E-state index contributed by atoms with van der Waals surface area (Å²) in [6, 6.07) is 0. The average molecular weight is 230 g/mol. The lowest BCUT2D eigenvalue weighted by Gasteiger charge is -2.27. The highest BCUT2D eigenvalue weighted by Gasteiger charge is 2.31. The minimum absolute atomic E-state index is 0.256. The summed E-state index contributed by atoms with van der Waals surface area (Å²) in [5.74, 6) is 1.96. The molecule has 88 valence electrons. The summed E-state index contributed by atoms with van der Waals surface area (Å²) in [5, 5.41) is 3.27. The lowest BCUT2D eigenvalue weighted by atomic mass is 10.1. The first-order valence-corrected chi connectivity index (χ1v) is 7.08. The first kappa shape index (κ1) is 12.8. The number of thioether (sulfide) groups is 1. The van der Waals surface area contributed by atoms with E-state index in [0.717, 1.165) is 13.0 Å². The molecule has 0 bridgehead atoms. The van der Waals surface area contributed by atoms with Crippen LogP contribution in [0.25, 0.3) is 0 Å². The maximum atomic E-state index is 11.6. The van der Waals surface area contributed by atoms with Gasteiger partial charge in [0.25, 0.3) is 0 Å². The maximum Gasteiger partial charge on any atom is 0.237 e. The van der Waals surface area contributed by atoms with Crippen molar-refractivity contribution in [1.29, 1.82) is 0 Å². The van der Waals surface area contributed by atoms with E-state index in [9.17, 15) is 4.79 Å². The van der Waals surface area contributed by atoms with Crippen LogP contribution in [0.5, 0.6) is 0 Å². The molecule has 15 heavy (non-hydrogen) atoms. The van der Waals surface area contributed by atoms with Gasteiger partial charge in [0, 0.05) is 6.54 Å². The fraction of sp³-hybridized carbons (Fsp3) is 0.909. The molecule has 0 spiro atoms. The second kappa shape index (κ2) is 6.38. The molecule has 1 amide bonds. The molecule has 1 N–H and O–H groups in total. The van der Waals surface area contributed by atoms with Crippen molar-refractivity contribution in [1.82, 2.24) is 10.2 Å². The van der Waals surface area contributed by atoms with Gasteiger partial charge >= 0.3 is 0 Å². The van der Waals surface area contributed by atoms with Gasteiger partial charge in [-0.1, -0.05) is 13.8 Å². The first-order valence-electron chi connectivity index (χ1n) is 5.68. The zero-order chi connectivity index (χ0) is 11.3. The Morgan fingerprint density at radius 2 is 2.27 bits per heavy atom. The number of nitrogens with one attached hydrogen (secondary N) is 1. The lowest BCUT2D eigenvalue weighted by Crippen LogP contribution is -2.41. The van der Waals surface area contributed by atoms with E-state index in [-0.39, 0.29) is 12.1 Å². The predicted octanol–water partition coefficient (Wildman–Crippen LogP) is 1.54. The summed E-state index contributed by atoms with van der Waals surface area (Å²) >= 11 is 1.87. The van der Waals surface area contributed by atoms with Crippen molar-refractivity contribution in [2.45, 2.75) is 32.9 Å². The Morgan fingerprint density at radius 3 is 2.87 bits per heavy atom. The number of hydrogen-bond donors (Lipinski definition) is 1. The Hall–Kier alpha value is -0.220. The molecule has 3 nitrogen and oxygen atoms in total. The van der Waals surface area contributed by atoms with Crippen molar-refractivity contribution < 1.29 is 4.79 Å². The molecule has 1 unspecified atom stereocenters. The Balaban J connectivity index is 2.33. The number of carbonyl (C=O) groups excluding carboxylic acids is 1. The number of nitrogens with zero attached hydrogens (tertiary/aromatic N) is 1. The van der Waals surface area contributed by atoms with Crippen LogP contribution < -0.4 is 5.32 Å². The van der Waals surface area contributed by atoms with Crippen molar-refractivity contribution in [3.8, 4) is 0 Å². The van der Waals surface area contributed by atoms with E-state index in [1.807, 2.05) is 16.7 Å². The van der Waals surface area contributed by atoms with E-state index in [1.54, 1.807) is 0 Å². The maximum absolute atomic E-state index is 11.6. The van der Waals surface area contributed by atoms with E-state index in [1.165, 1.54) is 12.2 Å². The van der Waals surface area contributed by atoms with Gasteiger partial charge in [0.1, 0.15) is 0 Å². The van der Waals surface area contributed by atoms with Crippen LogP contribution >= 0.6 is 11.8 Å². The van der Waals surface area contributed by atoms with Crippen molar-refractivity contribution in [3.05, 3.63) is 0 Å². The second-order valence-electron chi connectivity index (χ2n) is 4.36. The van der Waals surface area contributed by atoms with Crippen LogP contribution in [-0.4, -0.2) is 42.1 Å². The normalized spacial score (nSPS) is 21.7. The summed E-state index contributed by atoms with van der Waals surface area (Å²) in [5.41, 5.74) is 0. The molecule has 0 saturated carbocycles. The van der Waals surface area contributed by atoms with Gasteiger partial charge in [-0.3, -0.25) is 10.1 Å². The molecule has 1 rings (SSSR count). The molecule has 0 aliphatic carbocycles. The van der Waals surface area contributed by atoms with E-state index in [4.69, 9.17) is 0 Å². The minimum atomic E-state index is 0.256. The highest BCUT2D eigenvalue weighted by molar-refractivity contribution is 7.98. The van der Waals surface area contributed by atoms with E-state index < -0.39 is 0 Å². The molecule has 1 heterocycles. The Labute approximate surface area is 97.0 Å². The SMILES string of the molecule is CSCCCCN1C(=O)CNC1C(C)C. The fourth-order valence-electron chi connectivity index (χ4n) is 1.95. The highest BCUT2D eigenvalue weighted by atomic mass is 32.2. The Morgan fingerprint density at radius 1 is 1.53 bits per heavy atom. The standard InChI is InChI=1S/C11H22N2OS/c1-9(2)11-12-8-10(14)13(11)6-4-5-7-15-3/h9,11-12H,4-8H2,1-3H3. The molecule has 0 radical (unpaired) electrons. The van der Waals surface area contributed by atoms with E-state index >= 15 is 0 Å². The largest absolute Gasteiger partial charge is 0.326 e. The van der Waals surface area contributed by atoms with E-state index in [2.05, 4.69) is 25.4 Å². The van der Waals surface area contributed by atoms with Crippen LogP contribution in [0.2, 0.25) is 0 Å². The van der Waals surface area contributed by atoms with Crippen LogP contribution in [-0.2, 0) is 4.79 Å². The zero-order valence-electron chi connectivity index (χ0n) is 9.95. The molecule has 0 aromatic heterocycles.